The van der Waals surface area contributed by atoms with Gasteiger partial charge in [0.05, 0.1) is 21.3 Å². The summed E-state index contributed by atoms with van der Waals surface area (Å²) in [5.74, 6) is 0.966. The third-order valence-electron chi connectivity index (χ3n) is 4.51. The second-order valence-electron chi connectivity index (χ2n) is 6.07. The van der Waals surface area contributed by atoms with Crippen LogP contribution < -0.4 is 19.5 Å². The van der Waals surface area contributed by atoms with Gasteiger partial charge in [-0.3, -0.25) is 0 Å². The summed E-state index contributed by atoms with van der Waals surface area (Å²) in [6.07, 6.45) is 2.61. The average molecular weight is 356 g/mol. The second kappa shape index (κ2) is 6.78. The molecule has 1 aromatic rings. The van der Waals surface area contributed by atoms with Gasteiger partial charge in [0.15, 0.2) is 4.90 Å². The molecule has 134 valence electrons. The molecule has 1 aliphatic heterocycles. The number of hydrogen-bond donors (Lipinski definition) is 1. The van der Waals surface area contributed by atoms with Crippen LogP contribution in [0, 0.1) is 0 Å². The SMILES string of the molecule is COc1cc(OC)c(S(=O)(=O)N(C2CC2)C2CCNC2)c(OC)c1. The minimum atomic E-state index is -3.74. The molecule has 24 heavy (non-hydrogen) atoms. The van der Waals surface area contributed by atoms with Gasteiger partial charge in [0.2, 0.25) is 0 Å². The number of rotatable bonds is 7. The Kier molecular flexibility index (Phi) is 4.89. The van der Waals surface area contributed by atoms with Gasteiger partial charge in [-0.15, -0.1) is 0 Å². The topological polar surface area (TPSA) is 77.1 Å². The van der Waals surface area contributed by atoms with Gasteiger partial charge < -0.3 is 19.5 Å². The Morgan fingerprint density at radius 3 is 2.04 bits per heavy atom. The number of methoxy groups -OCH3 is 3. The van der Waals surface area contributed by atoms with Gasteiger partial charge in [-0.2, -0.15) is 4.31 Å². The van der Waals surface area contributed by atoms with E-state index in [1.807, 2.05) is 0 Å². The van der Waals surface area contributed by atoms with E-state index in [1.165, 1.54) is 21.3 Å². The maximum atomic E-state index is 13.5. The lowest BCUT2D eigenvalue weighted by Gasteiger charge is -2.29. The summed E-state index contributed by atoms with van der Waals surface area (Å²) in [6.45, 7) is 1.51. The standard InChI is InChI=1S/C16H24N2O5S/c1-21-13-8-14(22-2)16(15(9-13)23-3)24(19,20)18(11-4-5-11)12-6-7-17-10-12/h8-9,11-12,17H,4-7,10H2,1-3H3. The van der Waals surface area contributed by atoms with Gasteiger partial charge in [-0.25, -0.2) is 8.42 Å². The molecule has 1 atom stereocenters. The van der Waals surface area contributed by atoms with Crippen LogP contribution in [0.5, 0.6) is 17.2 Å². The van der Waals surface area contributed by atoms with E-state index in [0.717, 1.165) is 25.8 Å². The fourth-order valence-electron chi connectivity index (χ4n) is 3.21. The summed E-state index contributed by atoms with van der Waals surface area (Å²) >= 11 is 0. The van der Waals surface area contributed by atoms with Crippen LogP contribution >= 0.6 is 0 Å². The molecule has 0 aromatic heterocycles. The van der Waals surface area contributed by atoms with Crippen LogP contribution in [-0.2, 0) is 10.0 Å². The van der Waals surface area contributed by atoms with Crippen LogP contribution in [0.15, 0.2) is 17.0 Å². The first-order valence-electron chi connectivity index (χ1n) is 8.07. The maximum Gasteiger partial charge on any atom is 0.251 e. The van der Waals surface area contributed by atoms with Crippen LogP contribution in [0.3, 0.4) is 0 Å². The molecular weight excluding hydrogens is 332 g/mol. The molecule has 1 aliphatic carbocycles. The van der Waals surface area contributed by atoms with Gasteiger partial charge >= 0.3 is 0 Å². The van der Waals surface area contributed by atoms with Crippen molar-refractivity contribution >= 4 is 10.0 Å². The first-order chi connectivity index (χ1) is 11.5. The highest BCUT2D eigenvalue weighted by atomic mass is 32.2. The van der Waals surface area contributed by atoms with Crippen molar-refractivity contribution in [2.75, 3.05) is 34.4 Å². The van der Waals surface area contributed by atoms with Gasteiger partial charge in [-0.1, -0.05) is 0 Å². The van der Waals surface area contributed by atoms with Crippen molar-refractivity contribution in [3.63, 3.8) is 0 Å². The van der Waals surface area contributed by atoms with Crippen molar-refractivity contribution in [3.05, 3.63) is 12.1 Å². The van der Waals surface area contributed by atoms with Crippen LogP contribution in [0.2, 0.25) is 0 Å². The van der Waals surface area contributed by atoms with E-state index >= 15 is 0 Å². The van der Waals surface area contributed by atoms with E-state index in [4.69, 9.17) is 14.2 Å². The Labute approximate surface area is 142 Å². The lowest BCUT2D eigenvalue weighted by molar-refractivity contribution is 0.317. The number of hydrogen-bond acceptors (Lipinski definition) is 6. The van der Waals surface area contributed by atoms with Gasteiger partial charge in [0.1, 0.15) is 17.2 Å². The minimum Gasteiger partial charge on any atom is -0.496 e. The number of benzene rings is 1. The highest BCUT2D eigenvalue weighted by Gasteiger charge is 2.45. The Hall–Kier alpha value is -1.51. The molecule has 1 saturated heterocycles. The van der Waals surface area contributed by atoms with Crippen LogP contribution in [0.4, 0.5) is 0 Å². The number of sulfonamides is 1. The summed E-state index contributed by atoms with van der Waals surface area (Å²) in [7, 11) is 0.673. The predicted octanol–water partition coefficient (Wildman–Crippen LogP) is 1.23. The molecule has 1 N–H and O–H groups in total. The predicted molar refractivity (Wildman–Crippen MR) is 89.4 cm³/mol. The van der Waals surface area contributed by atoms with Crippen molar-refractivity contribution in [2.45, 2.75) is 36.2 Å². The summed E-state index contributed by atoms with van der Waals surface area (Å²) < 4.78 is 44.5. The molecule has 1 saturated carbocycles. The fourth-order valence-corrected chi connectivity index (χ4v) is 5.39. The molecule has 0 radical (unpaired) electrons. The molecule has 2 fully saturated rings. The molecule has 0 spiro atoms. The Bertz CT molecular complexity index is 671. The largest absolute Gasteiger partial charge is 0.496 e. The van der Waals surface area contributed by atoms with Gasteiger partial charge in [0.25, 0.3) is 10.0 Å². The summed E-state index contributed by atoms with van der Waals surface area (Å²) in [5.41, 5.74) is 0. The van der Waals surface area contributed by atoms with Gasteiger partial charge in [0, 0.05) is 30.8 Å². The van der Waals surface area contributed by atoms with E-state index in [-0.39, 0.29) is 28.5 Å². The third-order valence-corrected chi connectivity index (χ3v) is 6.58. The molecule has 2 aliphatic rings. The normalized spacial score (nSPS) is 21.1. The van der Waals surface area contributed by atoms with E-state index in [2.05, 4.69) is 5.32 Å². The van der Waals surface area contributed by atoms with Crippen molar-refractivity contribution in [2.24, 2.45) is 0 Å². The zero-order valence-electron chi connectivity index (χ0n) is 14.2. The van der Waals surface area contributed by atoms with Crippen molar-refractivity contribution in [3.8, 4) is 17.2 Å². The van der Waals surface area contributed by atoms with Crippen LogP contribution in [-0.4, -0.2) is 59.2 Å². The van der Waals surface area contributed by atoms with Crippen LogP contribution in [0.1, 0.15) is 19.3 Å². The van der Waals surface area contributed by atoms with E-state index in [0.29, 0.717) is 12.3 Å². The Balaban J connectivity index is 2.10. The molecule has 7 nitrogen and oxygen atoms in total. The molecular formula is C16H24N2O5S. The van der Waals surface area contributed by atoms with Gasteiger partial charge in [-0.05, 0) is 25.8 Å². The van der Waals surface area contributed by atoms with Crippen molar-refractivity contribution in [1.29, 1.82) is 0 Å². The van der Waals surface area contributed by atoms with E-state index in [9.17, 15) is 8.42 Å². The first-order valence-corrected chi connectivity index (χ1v) is 9.51. The monoisotopic (exact) mass is 356 g/mol. The molecule has 3 rings (SSSR count). The number of nitrogens with one attached hydrogen (secondary N) is 1. The highest BCUT2D eigenvalue weighted by molar-refractivity contribution is 7.89. The minimum absolute atomic E-state index is 0.0287. The van der Waals surface area contributed by atoms with Crippen LogP contribution in [0.25, 0.3) is 0 Å². The molecule has 0 amide bonds. The zero-order chi connectivity index (χ0) is 17.3. The Morgan fingerprint density at radius 1 is 1.00 bits per heavy atom. The smallest absolute Gasteiger partial charge is 0.251 e. The molecule has 0 bridgehead atoms. The zero-order valence-corrected chi connectivity index (χ0v) is 15.1. The molecule has 8 heteroatoms. The summed E-state index contributed by atoms with van der Waals surface area (Å²) in [6, 6.07) is 3.19. The van der Waals surface area contributed by atoms with E-state index < -0.39 is 10.0 Å². The highest BCUT2D eigenvalue weighted by Crippen LogP contribution is 2.43. The average Bonchev–Trinajstić information content (AvgIpc) is 3.26. The first kappa shape index (κ1) is 17.3. The third kappa shape index (κ3) is 3.05. The summed E-state index contributed by atoms with van der Waals surface area (Å²) in [5, 5.41) is 3.25. The Morgan fingerprint density at radius 2 is 1.62 bits per heavy atom. The molecule has 1 aromatic carbocycles. The van der Waals surface area contributed by atoms with E-state index in [1.54, 1.807) is 16.4 Å². The molecule has 1 unspecified atom stereocenters. The molecule has 1 heterocycles. The van der Waals surface area contributed by atoms with Crippen molar-refractivity contribution < 1.29 is 22.6 Å². The lowest BCUT2D eigenvalue weighted by atomic mass is 10.2. The number of nitrogens with zero attached hydrogens (tertiary/aromatic N) is 1. The quantitative estimate of drug-likeness (QED) is 0.792. The lowest BCUT2D eigenvalue weighted by Crippen LogP contribution is -2.43. The maximum absolute atomic E-state index is 13.5. The fraction of sp³-hybridized carbons (Fsp3) is 0.625. The number of ether oxygens (including phenoxy) is 3. The summed E-state index contributed by atoms with van der Waals surface area (Å²) in [4.78, 5) is 0.0760. The second-order valence-corrected chi connectivity index (χ2v) is 7.85. The van der Waals surface area contributed by atoms with Crippen molar-refractivity contribution in [1.82, 2.24) is 9.62 Å².